The van der Waals surface area contributed by atoms with Crippen LogP contribution in [0.2, 0.25) is 0 Å². The van der Waals surface area contributed by atoms with Crippen LogP contribution < -0.4 is 10.1 Å². The zero-order chi connectivity index (χ0) is 15.2. The van der Waals surface area contributed by atoms with Gasteiger partial charge in [-0.3, -0.25) is 0 Å². The summed E-state index contributed by atoms with van der Waals surface area (Å²) in [5, 5.41) is 3.41. The molecule has 1 aromatic rings. The number of hydrogen-bond acceptors (Lipinski definition) is 3. The number of rotatable bonds is 7. The van der Waals surface area contributed by atoms with Crippen LogP contribution in [0.5, 0.6) is 5.75 Å². The maximum atomic E-state index is 13.6. The summed E-state index contributed by atoms with van der Waals surface area (Å²) in [6.45, 7) is 6.65. The number of ether oxygens (including phenoxy) is 2. The Balaban J connectivity index is 1.71. The summed E-state index contributed by atoms with van der Waals surface area (Å²) in [5.41, 5.74) is 0. The van der Waals surface area contributed by atoms with Crippen LogP contribution in [-0.2, 0) is 4.74 Å². The Morgan fingerprint density at radius 3 is 2.90 bits per heavy atom. The van der Waals surface area contributed by atoms with Crippen LogP contribution in [0.4, 0.5) is 4.39 Å². The molecule has 0 amide bonds. The summed E-state index contributed by atoms with van der Waals surface area (Å²) in [6.07, 6.45) is 2.28. The molecule has 0 spiro atoms. The Labute approximate surface area is 134 Å². The van der Waals surface area contributed by atoms with Crippen LogP contribution >= 0.6 is 15.9 Å². The van der Waals surface area contributed by atoms with Crippen LogP contribution in [0, 0.1) is 11.7 Å². The zero-order valence-corrected chi connectivity index (χ0v) is 14.2. The molecule has 2 atom stereocenters. The largest absolute Gasteiger partial charge is 0.488 e. The van der Waals surface area contributed by atoms with Gasteiger partial charge in [0.25, 0.3) is 0 Å². The molecule has 0 saturated carbocycles. The maximum Gasteiger partial charge on any atom is 0.165 e. The topological polar surface area (TPSA) is 30.5 Å². The summed E-state index contributed by atoms with van der Waals surface area (Å²) in [4.78, 5) is 0. The third-order valence-electron chi connectivity index (χ3n) is 3.44. The highest BCUT2D eigenvalue weighted by Gasteiger charge is 2.25. The summed E-state index contributed by atoms with van der Waals surface area (Å²) in [7, 11) is 0. The van der Waals surface area contributed by atoms with E-state index in [1.54, 1.807) is 12.1 Å². The van der Waals surface area contributed by atoms with Gasteiger partial charge in [0.15, 0.2) is 11.6 Å². The van der Waals surface area contributed by atoms with Crippen molar-refractivity contribution in [2.24, 2.45) is 5.92 Å². The van der Waals surface area contributed by atoms with Crippen LogP contribution in [0.3, 0.4) is 0 Å². The Morgan fingerprint density at radius 1 is 1.38 bits per heavy atom. The zero-order valence-electron chi connectivity index (χ0n) is 12.6. The molecule has 1 heterocycles. The molecule has 1 fully saturated rings. The minimum atomic E-state index is -0.341. The second-order valence-electron chi connectivity index (χ2n) is 5.90. The van der Waals surface area contributed by atoms with Crippen molar-refractivity contribution < 1.29 is 13.9 Å². The monoisotopic (exact) mass is 359 g/mol. The SMILES string of the molecule is CC(C)CNCC1CCC(COc2cc(Br)ccc2F)O1. The normalized spacial score (nSPS) is 22.0. The standard InChI is InChI=1S/C16H23BrFNO2/c1-11(2)8-19-9-13-4-5-14(21-13)10-20-16-7-12(17)3-6-15(16)18/h3,6-7,11,13-14,19H,4-5,8-10H2,1-2H3. The molecule has 1 aromatic carbocycles. The summed E-state index contributed by atoms with van der Waals surface area (Å²) >= 11 is 3.31. The molecule has 5 heteroatoms. The van der Waals surface area contributed by atoms with Crippen LogP contribution in [0.15, 0.2) is 22.7 Å². The maximum absolute atomic E-state index is 13.6. The third-order valence-corrected chi connectivity index (χ3v) is 3.93. The molecule has 1 aliphatic heterocycles. The van der Waals surface area contributed by atoms with E-state index in [1.807, 2.05) is 0 Å². The highest BCUT2D eigenvalue weighted by molar-refractivity contribution is 9.10. The van der Waals surface area contributed by atoms with Crippen molar-refractivity contribution in [3.8, 4) is 5.75 Å². The van der Waals surface area contributed by atoms with Gasteiger partial charge in [-0.05, 0) is 43.5 Å². The molecule has 1 saturated heterocycles. The average Bonchev–Trinajstić information content (AvgIpc) is 2.87. The first-order valence-electron chi connectivity index (χ1n) is 7.48. The Bertz CT molecular complexity index is 456. The lowest BCUT2D eigenvalue weighted by atomic mass is 10.2. The van der Waals surface area contributed by atoms with E-state index in [-0.39, 0.29) is 23.8 Å². The quantitative estimate of drug-likeness (QED) is 0.803. The highest BCUT2D eigenvalue weighted by Crippen LogP contribution is 2.24. The van der Waals surface area contributed by atoms with Crippen molar-refractivity contribution in [1.82, 2.24) is 5.32 Å². The predicted molar refractivity (Wildman–Crippen MR) is 85.2 cm³/mol. The van der Waals surface area contributed by atoms with Crippen molar-refractivity contribution in [2.75, 3.05) is 19.7 Å². The van der Waals surface area contributed by atoms with Crippen molar-refractivity contribution >= 4 is 15.9 Å². The van der Waals surface area contributed by atoms with Gasteiger partial charge >= 0.3 is 0 Å². The smallest absolute Gasteiger partial charge is 0.165 e. The van der Waals surface area contributed by atoms with Gasteiger partial charge in [0.05, 0.1) is 12.2 Å². The molecule has 0 aliphatic carbocycles. The summed E-state index contributed by atoms with van der Waals surface area (Å²) in [6, 6.07) is 4.70. The number of benzene rings is 1. The molecular formula is C16H23BrFNO2. The lowest BCUT2D eigenvalue weighted by molar-refractivity contribution is 0.0176. The molecule has 21 heavy (non-hydrogen) atoms. The fourth-order valence-electron chi connectivity index (χ4n) is 2.36. The first-order chi connectivity index (χ1) is 10.0. The fraction of sp³-hybridized carbons (Fsp3) is 0.625. The van der Waals surface area contributed by atoms with Gasteiger partial charge in [-0.1, -0.05) is 29.8 Å². The molecule has 3 nitrogen and oxygen atoms in total. The van der Waals surface area contributed by atoms with Gasteiger partial charge in [0.2, 0.25) is 0 Å². The lowest BCUT2D eigenvalue weighted by Gasteiger charge is -2.16. The van der Waals surface area contributed by atoms with Crippen LogP contribution in [-0.4, -0.2) is 31.9 Å². The van der Waals surface area contributed by atoms with Gasteiger partial charge in [0, 0.05) is 11.0 Å². The number of nitrogens with one attached hydrogen (secondary N) is 1. The first-order valence-corrected chi connectivity index (χ1v) is 8.28. The van der Waals surface area contributed by atoms with Gasteiger partial charge in [-0.15, -0.1) is 0 Å². The molecule has 2 unspecified atom stereocenters. The molecular weight excluding hydrogens is 337 g/mol. The Hall–Kier alpha value is -0.650. The highest BCUT2D eigenvalue weighted by atomic mass is 79.9. The minimum Gasteiger partial charge on any atom is -0.488 e. The fourth-order valence-corrected chi connectivity index (χ4v) is 2.70. The molecule has 0 aromatic heterocycles. The second kappa shape index (κ2) is 8.11. The summed E-state index contributed by atoms with van der Waals surface area (Å²) < 4.78 is 25.8. The summed E-state index contributed by atoms with van der Waals surface area (Å²) in [5.74, 6) is 0.575. The van der Waals surface area contributed by atoms with Gasteiger partial charge < -0.3 is 14.8 Å². The van der Waals surface area contributed by atoms with Crippen molar-refractivity contribution in [2.45, 2.75) is 38.9 Å². The van der Waals surface area contributed by atoms with Crippen LogP contribution in [0.25, 0.3) is 0 Å². The van der Waals surface area contributed by atoms with E-state index in [9.17, 15) is 4.39 Å². The molecule has 1 aliphatic rings. The Morgan fingerprint density at radius 2 is 2.14 bits per heavy atom. The molecule has 0 radical (unpaired) electrons. The minimum absolute atomic E-state index is 0.0502. The lowest BCUT2D eigenvalue weighted by Crippen LogP contribution is -2.30. The molecule has 118 valence electrons. The van der Waals surface area contributed by atoms with Gasteiger partial charge in [-0.2, -0.15) is 0 Å². The number of hydrogen-bond donors (Lipinski definition) is 1. The Kier molecular flexibility index (Phi) is 6.45. The second-order valence-corrected chi connectivity index (χ2v) is 6.81. The van der Waals surface area contributed by atoms with Crippen molar-refractivity contribution in [1.29, 1.82) is 0 Å². The average molecular weight is 360 g/mol. The molecule has 0 bridgehead atoms. The molecule has 1 N–H and O–H groups in total. The van der Waals surface area contributed by atoms with Crippen molar-refractivity contribution in [3.05, 3.63) is 28.5 Å². The third kappa shape index (κ3) is 5.57. The van der Waals surface area contributed by atoms with Gasteiger partial charge in [-0.25, -0.2) is 4.39 Å². The van der Waals surface area contributed by atoms with E-state index in [1.165, 1.54) is 6.07 Å². The van der Waals surface area contributed by atoms with Gasteiger partial charge in [0.1, 0.15) is 6.61 Å². The molecule has 2 rings (SSSR count). The van der Waals surface area contributed by atoms with Crippen molar-refractivity contribution in [3.63, 3.8) is 0 Å². The van der Waals surface area contributed by atoms with E-state index in [2.05, 4.69) is 35.1 Å². The predicted octanol–water partition coefficient (Wildman–Crippen LogP) is 3.76. The van der Waals surface area contributed by atoms with E-state index in [0.717, 1.165) is 30.4 Å². The van der Waals surface area contributed by atoms with E-state index in [4.69, 9.17) is 9.47 Å². The van der Waals surface area contributed by atoms with E-state index < -0.39 is 0 Å². The first kappa shape index (κ1) is 16.7. The number of halogens is 2. The van der Waals surface area contributed by atoms with E-state index >= 15 is 0 Å². The van der Waals surface area contributed by atoms with Crippen LogP contribution in [0.1, 0.15) is 26.7 Å². The van der Waals surface area contributed by atoms with E-state index in [0.29, 0.717) is 12.5 Å².